The van der Waals surface area contributed by atoms with Gasteiger partial charge in [-0.25, -0.2) is 4.98 Å². The highest BCUT2D eigenvalue weighted by atomic mass is 32.1. The van der Waals surface area contributed by atoms with Gasteiger partial charge in [-0.3, -0.25) is 0 Å². The Kier molecular flexibility index (Phi) is 3.76. The van der Waals surface area contributed by atoms with Crippen molar-refractivity contribution in [2.75, 3.05) is 0 Å². The zero-order chi connectivity index (χ0) is 12.3. The van der Waals surface area contributed by atoms with E-state index in [1.807, 2.05) is 31.4 Å². The Labute approximate surface area is 105 Å². The number of nitrogens with zero attached hydrogens (tertiary/aromatic N) is 1. The van der Waals surface area contributed by atoms with Crippen molar-refractivity contribution in [3.05, 3.63) is 45.4 Å². The van der Waals surface area contributed by atoms with Crippen molar-refractivity contribution in [2.45, 2.75) is 27.0 Å². The number of aryl methyl sites for hydroxylation is 2. The van der Waals surface area contributed by atoms with Gasteiger partial charge in [-0.05, 0) is 19.9 Å². The number of aromatic nitrogens is 1. The third kappa shape index (κ3) is 3.05. The molecule has 0 unspecified atom stereocenters. The second-order valence-corrected chi connectivity index (χ2v) is 4.93. The summed E-state index contributed by atoms with van der Waals surface area (Å²) >= 11 is 1.62. The van der Waals surface area contributed by atoms with Crippen LogP contribution in [0.3, 0.4) is 0 Å². The molecule has 0 saturated carbocycles. The van der Waals surface area contributed by atoms with Gasteiger partial charge in [0.2, 0.25) is 0 Å². The largest absolute Gasteiger partial charge is 0.486 e. The molecule has 0 atom stereocenters. The van der Waals surface area contributed by atoms with E-state index in [2.05, 4.69) is 11.1 Å². The number of hydrogen-bond donors (Lipinski definition) is 1. The summed E-state index contributed by atoms with van der Waals surface area (Å²) in [5, 5.41) is 3.02. The van der Waals surface area contributed by atoms with Crippen LogP contribution in [-0.2, 0) is 13.2 Å². The highest BCUT2D eigenvalue weighted by Gasteiger charge is 2.04. The lowest BCUT2D eigenvalue weighted by Crippen LogP contribution is -2.03. The molecule has 0 aliphatic carbocycles. The molecule has 0 fully saturated rings. The second-order valence-electron chi connectivity index (χ2n) is 3.99. The maximum Gasteiger partial charge on any atom is 0.140 e. The fourth-order valence-electron chi connectivity index (χ4n) is 1.62. The molecular formula is C13H16N2OS. The molecule has 1 aromatic heterocycles. The molecule has 2 aromatic rings. The standard InChI is InChI=1S/C13H16N2OS/c1-9-3-4-12(11(5-9)6-14)16-7-13-15-10(2)8-17-13/h3-5,8H,6-7,14H2,1-2H3. The van der Waals surface area contributed by atoms with E-state index in [1.165, 1.54) is 5.56 Å². The predicted octanol–water partition coefficient (Wildman–Crippen LogP) is 2.80. The third-order valence-electron chi connectivity index (χ3n) is 2.45. The average Bonchev–Trinajstić information content (AvgIpc) is 2.73. The van der Waals surface area contributed by atoms with Gasteiger partial charge < -0.3 is 10.5 Å². The van der Waals surface area contributed by atoms with Crippen molar-refractivity contribution in [3.63, 3.8) is 0 Å². The van der Waals surface area contributed by atoms with Crippen LogP contribution in [0.5, 0.6) is 5.75 Å². The molecule has 0 spiro atoms. The second kappa shape index (κ2) is 5.29. The molecule has 17 heavy (non-hydrogen) atoms. The first-order valence-corrected chi connectivity index (χ1v) is 6.40. The zero-order valence-electron chi connectivity index (χ0n) is 10.1. The molecule has 0 bridgehead atoms. The molecule has 90 valence electrons. The molecule has 1 aromatic carbocycles. The van der Waals surface area contributed by atoms with E-state index in [0.717, 1.165) is 22.0 Å². The van der Waals surface area contributed by atoms with Crippen molar-refractivity contribution in [2.24, 2.45) is 5.73 Å². The summed E-state index contributed by atoms with van der Waals surface area (Å²) in [6, 6.07) is 6.06. The lowest BCUT2D eigenvalue weighted by Gasteiger charge is -2.09. The summed E-state index contributed by atoms with van der Waals surface area (Å²) in [6.45, 7) is 5.03. The van der Waals surface area contributed by atoms with Gasteiger partial charge in [0.05, 0.1) is 0 Å². The fourth-order valence-corrected chi connectivity index (χ4v) is 2.30. The van der Waals surface area contributed by atoms with Gasteiger partial charge in [0, 0.05) is 23.2 Å². The number of ether oxygens (including phenoxy) is 1. The minimum Gasteiger partial charge on any atom is -0.486 e. The minimum atomic E-state index is 0.494. The molecule has 1 heterocycles. The van der Waals surface area contributed by atoms with Gasteiger partial charge >= 0.3 is 0 Å². The van der Waals surface area contributed by atoms with Crippen LogP contribution in [0.15, 0.2) is 23.6 Å². The number of thiazole rings is 1. The fraction of sp³-hybridized carbons (Fsp3) is 0.308. The highest BCUT2D eigenvalue weighted by Crippen LogP contribution is 2.21. The number of nitrogens with two attached hydrogens (primary N) is 1. The van der Waals surface area contributed by atoms with Crippen LogP contribution in [0.4, 0.5) is 0 Å². The Balaban J connectivity index is 2.08. The molecule has 0 amide bonds. The number of hydrogen-bond acceptors (Lipinski definition) is 4. The Bertz CT molecular complexity index is 508. The van der Waals surface area contributed by atoms with Crippen molar-refractivity contribution in [1.82, 2.24) is 4.98 Å². The first-order valence-electron chi connectivity index (χ1n) is 5.52. The van der Waals surface area contributed by atoms with Crippen LogP contribution in [0.2, 0.25) is 0 Å². The van der Waals surface area contributed by atoms with Crippen molar-refractivity contribution in [1.29, 1.82) is 0 Å². The van der Waals surface area contributed by atoms with Gasteiger partial charge in [-0.1, -0.05) is 17.7 Å². The van der Waals surface area contributed by atoms with E-state index in [9.17, 15) is 0 Å². The van der Waals surface area contributed by atoms with Gasteiger partial charge in [-0.15, -0.1) is 11.3 Å². The van der Waals surface area contributed by atoms with Gasteiger partial charge in [0.25, 0.3) is 0 Å². The van der Waals surface area contributed by atoms with Crippen molar-refractivity contribution in [3.8, 4) is 5.75 Å². The molecule has 2 N–H and O–H groups in total. The Morgan fingerprint density at radius 2 is 2.18 bits per heavy atom. The molecule has 4 heteroatoms. The Hall–Kier alpha value is -1.39. The summed E-state index contributed by atoms with van der Waals surface area (Å²) in [4.78, 5) is 4.36. The summed E-state index contributed by atoms with van der Waals surface area (Å²) in [5.41, 5.74) is 8.98. The van der Waals surface area contributed by atoms with Crippen LogP contribution < -0.4 is 10.5 Å². The van der Waals surface area contributed by atoms with Crippen molar-refractivity contribution < 1.29 is 4.74 Å². The molecule has 3 nitrogen and oxygen atoms in total. The quantitative estimate of drug-likeness (QED) is 0.905. The summed E-state index contributed by atoms with van der Waals surface area (Å²) in [7, 11) is 0. The number of benzene rings is 1. The first kappa shape index (κ1) is 12.1. The molecule has 0 aliphatic rings. The van der Waals surface area contributed by atoms with E-state index >= 15 is 0 Å². The van der Waals surface area contributed by atoms with E-state index < -0.39 is 0 Å². The van der Waals surface area contributed by atoms with Gasteiger partial charge in [-0.2, -0.15) is 0 Å². The maximum absolute atomic E-state index is 5.75. The summed E-state index contributed by atoms with van der Waals surface area (Å²) in [6.07, 6.45) is 0. The van der Waals surface area contributed by atoms with Crippen LogP contribution in [0.1, 0.15) is 21.8 Å². The number of rotatable bonds is 4. The predicted molar refractivity (Wildman–Crippen MR) is 70.3 cm³/mol. The van der Waals surface area contributed by atoms with Crippen molar-refractivity contribution >= 4 is 11.3 Å². The van der Waals surface area contributed by atoms with Gasteiger partial charge in [0.1, 0.15) is 17.4 Å². The van der Waals surface area contributed by atoms with E-state index in [4.69, 9.17) is 10.5 Å². The van der Waals surface area contributed by atoms with Crippen LogP contribution in [0.25, 0.3) is 0 Å². The Morgan fingerprint density at radius 1 is 1.35 bits per heavy atom. The topological polar surface area (TPSA) is 48.1 Å². The maximum atomic E-state index is 5.75. The van der Waals surface area contributed by atoms with Crippen LogP contribution >= 0.6 is 11.3 Å². The van der Waals surface area contributed by atoms with Crippen LogP contribution in [-0.4, -0.2) is 4.98 Å². The minimum absolute atomic E-state index is 0.494. The normalized spacial score (nSPS) is 10.5. The first-order chi connectivity index (χ1) is 8.19. The Morgan fingerprint density at radius 3 is 2.82 bits per heavy atom. The van der Waals surface area contributed by atoms with E-state index in [0.29, 0.717) is 13.2 Å². The SMILES string of the molecule is Cc1ccc(OCc2nc(C)cs2)c(CN)c1. The molecule has 0 radical (unpaired) electrons. The highest BCUT2D eigenvalue weighted by molar-refractivity contribution is 7.09. The molecular weight excluding hydrogens is 232 g/mol. The van der Waals surface area contributed by atoms with Crippen LogP contribution in [0, 0.1) is 13.8 Å². The smallest absolute Gasteiger partial charge is 0.140 e. The molecule has 0 aliphatic heterocycles. The lowest BCUT2D eigenvalue weighted by molar-refractivity contribution is 0.302. The van der Waals surface area contributed by atoms with E-state index in [1.54, 1.807) is 11.3 Å². The molecule has 0 saturated heterocycles. The molecule has 2 rings (SSSR count). The zero-order valence-corrected chi connectivity index (χ0v) is 10.9. The summed E-state index contributed by atoms with van der Waals surface area (Å²) < 4.78 is 5.75. The van der Waals surface area contributed by atoms with Gasteiger partial charge in [0.15, 0.2) is 0 Å². The third-order valence-corrected chi connectivity index (χ3v) is 3.39. The summed E-state index contributed by atoms with van der Waals surface area (Å²) in [5.74, 6) is 0.853. The monoisotopic (exact) mass is 248 g/mol. The van der Waals surface area contributed by atoms with E-state index in [-0.39, 0.29) is 0 Å². The average molecular weight is 248 g/mol. The lowest BCUT2D eigenvalue weighted by atomic mass is 10.1.